The molecule has 162 valence electrons. The average molecular weight is 432 g/mol. The molecular formula is C21H19F3N4O3. The van der Waals surface area contributed by atoms with Crippen LogP contribution in [0.4, 0.5) is 29.3 Å². The summed E-state index contributed by atoms with van der Waals surface area (Å²) >= 11 is 0. The summed E-state index contributed by atoms with van der Waals surface area (Å²) in [6, 6.07) is 11.9. The Balaban J connectivity index is 1.54. The number of nitrogens with zero attached hydrogens (tertiary/aromatic N) is 2. The van der Waals surface area contributed by atoms with Gasteiger partial charge in [0.15, 0.2) is 0 Å². The Kier molecular flexibility index (Phi) is 5.30. The van der Waals surface area contributed by atoms with E-state index in [4.69, 9.17) is 4.42 Å². The molecule has 1 aromatic heterocycles. The number of para-hydroxylation sites is 1. The Morgan fingerprint density at radius 1 is 1.13 bits per heavy atom. The van der Waals surface area contributed by atoms with Crippen molar-refractivity contribution < 1.29 is 27.1 Å². The number of nitrogens with one attached hydrogen (secondary N) is 2. The van der Waals surface area contributed by atoms with Gasteiger partial charge in [0.25, 0.3) is 0 Å². The first-order valence-corrected chi connectivity index (χ1v) is 9.50. The minimum atomic E-state index is -4.39. The van der Waals surface area contributed by atoms with E-state index in [9.17, 15) is 18.0 Å². The van der Waals surface area contributed by atoms with Crippen LogP contribution < -0.4 is 10.6 Å². The van der Waals surface area contributed by atoms with Gasteiger partial charge in [-0.1, -0.05) is 12.1 Å². The number of hydrogen-bond donors (Lipinski definition) is 2. The molecule has 0 atom stereocenters. The number of amides is 1. The Hall–Kier alpha value is -3.56. The second-order valence-electron chi connectivity index (χ2n) is 7.28. The fourth-order valence-corrected chi connectivity index (χ4v) is 3.15. The number of rotatable bonds is 6. The second kappa shape index (κ2) is 7.93. The Labute approximate surface area is 175 Å². The first-order valence-electron chi connectivity index (χ1n) is 9.50. The Morgan fingerprint density at radius 2 is 1.84 bits per heavy atom. The van der Waals surface area contributed by atoms with Gasteiger partial charge in [0.1, 0.15) is 0 Å². The zero-order valence-electron chi connectivity index (χ0n) is 16.5. The summed E-state index contributed by atoms with van der Waals surface area (Å²) in [5.74, 6) is 0.692. The molecule has 10 heteroatoms. The van der Waals surface area contributed by atoms with E-state index in [2.05, 4.69) is 25.6 Å². The maximum Gasteiger partial charge on any atom is 0.416 e. The van der Waals surface area contributed by atoms with Gasteiger partial charge in [0.05, 0.1) is 29.3 Å². The third-order valence-electron chi connectivity index (χ3n) is 5.14. The molecule has 1 heterocycles. The molecule has 7 nitrogen and oxygen atoms in total. The van der Waals surface area contributed by atoms with Crippen molar-refractivity contribution in [2.45, 2.75) is 24.4 Å². The highest BCUT2D eigenvalue weighted by Crippen LogP contribution is 2.47. The van der Waals surface area contributed by atoms with Crippen molar-refractivity contribution in [1.29, 1.82) is 0 Å². The first kappa shape index (κ1) is 20.7. The van der Waals surface area contributed by atoms with E-state index in [0.29, 0.717) is 29.4 Å². The van der Waals surface area contributed by atoms with Crippen LogP contribution in [0.2, 0.25) is 0 Å². The van der Waals surface area contributed by atoms with Gasteiger partial charge in [-0.3, -0.25) is 0 Å². The average Bonchev–Trinajstić information content (AvgIpc) is 3.39. The number of benzene rings is 2. The number of aromatic nitrogens is 2. The smallest absolute Gasteiger partial charge is 0.416 e. The lowest BCUT2D eigenvalue weighted by Gasteiger charge is -2.12. The van der Waals surface area contributed by atoms with Gasteiger partial charge >= 0.3 is 12.3 Å². The van der Waals surface area contributed by atoms with Gasteiger partial charge in [-0.05, 0) is 49.2 Å². The lowest BCUT2D eigenvalue weighted by molar-refractivity contribution is -0.137. The first-order chi connectivity index (χ1) is 14.8. The molecule has 1 fully saturated rings. The number of alkyl halides is 3. The van der Waals surface area contributed by atoms with Crippen LogP contribution in [0.15, 0.2) is 52.9 Å². The number of carbonyl (C=O) groups excluding carboxylic acids is 1. The fourth-order valence-electron chi connectivity index (χ4n) is 3.15. The summed E-state index contributed by atoms with van der Waals surface area (Å²) in [6.45, 7) is 0.326. The van der Waals surface area contributed by atoms with Gasteiger partial charge in [-0.15, -0.1) is 10.2 Å². The fraction of sp³-hybridized carbons (Fsp3) is 0.286. The zero-order valence-corrected chi connectivity index (χ0v) is 16.5. The molecule has 1 amide bonds. The molecule has 0 unspecified atom stereocenters. The van der Waals surface area contributed by atoms with E-state index in [-0.39, 0.29) is 5.89 Å². The molecule has 0 spiro atoms. The maximum absolute atomic E-state index is 12.8. The topological polar surface area (TPSA) is 89.3 Å². The van der Waals surface area contributed by atoms with Crippen molar-refractivity contribution in [2.24, 2.45) is 0 Å². The minimum absolute atomic E-state index is 0.273. The third kappa shape index (κ3) is 4.47. The van der Waals surface area contributed by atoms with E-state index in [0.717, 1.165) is 25.0 Å². The summed E-state index contributed by atoms with van der Waals surface area (Å²) in [5, 5.41) is 14.0. The SMILES string of the molecule is COC(=O)NCC1(c2nnc(-c3ccccc3Nc3ccc(C(F)(F)F)cc3)o2)CC1. The number of carbonyl (C=O) groups is 1. The number of ether oxygens (including phenoxy) is 1. The molecular weight excluding hydrogens is 413 g/mol. The highest BCUT2D eigenvalue weighted by molar-refractivity contribution is 5.76. The lowest BCUT2D eigenvalue weighted by atomic mass is 10.1. The molecule has 31 heavy (non-hydrogen) atoms. The highest BCUT2D eigenvalue weighted by atomic mass is 19.4. The van der Waals surface area contributed by atoms with Crippen LogP contribution in [0.1, 0.15) is 24.3 Å². The number of methoxy groups -OCH3 is 1. The van der Waals surface area contributed by atoms with Crippen LogP contribution in [0.3, 0.4) is 0 Å². The number of anilines is 2. The Morgan fingerprint density at radius 3 is 2.48 bits per heavy atom. The quantitative estimate of drug-likeness (QED) is 0.577. The summed E-state index contributed by atoms with van der Waals surface area (Å²) < 4.78 is 48.8. The van der Waals surface area contributed by atoms with E-state index < -0.39 is 23.2 Å². The van der Waals surface area contributed by atoms with Crippen LogP contribution in [0.25, 0.3) is 11.5 Å². The zero-order chi connectivity index (χ0) is 22.1. The molecule has 1 aliphatic carbocycles. The predicted octanol–water partition coefficient (Wildman–Crippen LogP) is 4.89. The van der Waals surface area contributed by atoms with Crippen molar-refractivity contribution in [1.82, 2.24) is 15.5 Å². The summed E-state index contributed by atoms with van der Waals surface area (Å²) in [6.07, 6.45) is -3.33. The predicted molar refractivity (Wildman–Crippen MR) is 106 cm³/mol. The van der Waals surface area contributed by atoms with Crippen LogP contribution in [0.5, 0.6) is 0 Å². The van der Waals surface area contributed by atoms with Crippen molar-refractivity contribution in [3.8, 4) is 11.5 Å². The number of halogens is 3. The molecule has 3 aromatic rings. The molecule has 0 aliphatic heterocycles. The summed E-state index contributed by atoms with van der Waals surface area (Å²) in [4.78, 5) is 11.4. The van der Waals surface area contributed by atoms with Gasteiger partial charge in [-0.2, -0.15) is 13.2 Å². The summed E-state index contributed by atoms with van der Waals surface area (Å²) in [7, 11) is 1.29. The van der Waals surface area contributed by atoms with Gasteiger partial charge in [0.2, 0.25) is 11.8 Å². The van der Waals surface area contributed by atoms with Crippen molar-refractivity contribution >= 4 is 17.5 Å². The van der Waals surface area contributed by atoms with Crippen LogP contribution >= 0.6 is 0 Å². The van der Waals surface area contributed by atoms with Gasteiger partial charge < -0.3 is 19.8 Å². The number of alkyl carbamates (subject to hydrolysis) is 1. The van der Waals surface area contributed by atoms with Crippen LogP contribution in [-0.2, 0) is 16.3 Å². The molecule has 0 radical (unpaired) electrons. The van der Waals surface area contributed by atoms with Gasteiger partial charge in [0, 0.05) is 12.2 Å². The van der Waals surface area contributed by atoms with E-state index >= 15 is 0 Å². The van der Waals surface area contributed by atoms with Crippen molar-refractivity contribution in [3.05, 3.63) is 60.0 Å². The normalized spacial score (nSPS) is 14.7. The molecule has 2 aromatic carbocycles. The molecule has 2 N–H and O–H groups in total. The molecule has 0 saturated heterocycles. The van der Waals surface area contributed by atoms with Crippen molar-refractivity contribution in [3.63, 3.8) is 0 Å². The van der Waals surface area contributed by atoms with E-state index in [1.165, 1.54) is 19.2 Å². The third-order valence-corrected chi connectivity index (χ3v) is 5.14. The summed E-state index contributed by atoms with van der Waals surface area (Å²) in [5.41, 5.74) is 0.576. The minimum Gasteiger partial charge on any atom is -0.453 e. The van der Waals surface area contributed by atoms with Crippen LogP contribution in [-0.4, -0.2) is 29.9 Å². The highest BCUT2D eigenvalue weighted by Gasteiger charge is 2.49. The number of hydrogen-bond acceptors (Lipinski definition) is 6. The monoisotopic (exact) mass is 432 g/mol. The largest absolute Gasteiger partial charge is 0.453 e. The van der Waals surface area contributed by atoms with E-state index in [1.54, 1.807) is 24.3 Å². The second-order valence-corrected chi connectivity index (χ2v) is 7.28. The Bertz CT molecular complexity index is 1080. The molecule has 4 rings (SSSR count). The van der Waals surface area contributed by atoms with Crippen molar-refractivity contribution in [2.75, 3.05) is 19.0 Å². The maximum atomic E-state index is 12.8. The van der Waals surface area contributed by atoms with Gasteiger partial charge in [-0.25, -0.2) is 4.79 Å². The van der Waals surface area contributed by atoms with Crippen LogP contribution in [0, 0.1) is 0 Å². The molecule has 0 bridgehead atoms. The molecule has 1 aliphatic rings. The van der Waals surface area contributed by atoms with E-state index in [1.807, 2.05) is 0 Å². The standard InChI is InChI=1S/C21H19F3N4O3/c1-30-19(29)25-12-20(10-11-20)18-28-27-17(31-18)15-4-2-3-5-16(15)26-14-8-6-13(7-9-14)21(22,23)24/h2-9,26H,10-12H2,1H3,(H,25,29). The lowest BCUT2D eigenvalue weighted by Crippen LogP contribution is -2.32. The molecule has 1 saturated carbocycles.